The number of aromatic hydroxyl groups is 2. The zero-order valence-electron chi connectivity index (χ0n) is 14.0. The lowest BCUT2D eigenvalue weighted by Gasteiger charge is -2.24. The van der Waals surface area contributed by atoms with Crippen molar-refractivity contribution < 1.29 is 19.8 Å². The van der Waals surface area contributed by atoms with Crippen molar-refractivity contribution in [1.82, 2.24) is 0 Å². The van der Waals surface area contributed by atoms with Crippen molar-refractivity contribution in [3.05, 3.63) is 71.8 Å². The minimum Gasteiger partial charge on any atom is -0.507 e. The Morgan fingerprint density at radius 2 is 1.12 bits per heavy atom. The molecule has 0 saturated heterocycles. The van der Waals surface area contributed by atoms with Gasteiger partial charge in [0.15, 0.2) is 0 Å². The van der Waals surface area contributed by atoms with E-state index < -0.39 is 11.6 Å². The maximum Gasteiger partial charge on any atom is 0.200 e. The molecule has 0 bridgehead atoms. The number of phenols is 2. The maximum absolute atomic E-state index is 13.1. The van der Waals surface area contributed by atoms with Crippen molar-refractivity contribution in [2.75, 3.05) is 23.7 Å². The third kappa shape index (κ3) is 2.61. The van der Waals surface area contributed by atoms with E-state index in [9.17, 15) is 19.8 Å². The van der Waals surface area contributed by atoms with E-state index in [1.165, 1.54) is 24.3 Å². The first-order chi connectivity index (χ1) is 12.5. The number of carbonyl (C=O) groups excluding carboxylic acids is 2. The second-order valence-corrected chi connectivity index (χ2v) is 5.76. The first kappa shape index (κ1) is 17.3. The van der Waals surface area contributed by atoms with Gasteiger partial charge in [0.25, 0.3) is 0 Å². The SMILES string of the molecule is C=CCNc1ccc(O)c2c1C(=O)c1c(O)ccc(NCC=C)c1C2=O. The van der Waals surface area contributed by atoms with Gasteiger partial charge in [-0.2, -0.15) is 0 Å². The Labute approximate surface area is 150 Å². The van der Waals surface area contributed by atoms with Gasteiger partial charge in [-0.25, -0.2) is 0 Å². The standard InChI is InChI=1S/C20H18N2O4/c1-3-9-21-11-5-7-13(23)17-15(11)19(25)18-14(24)8-6-12(22-10-4-2)16(18)20(17)26/h3-8,21-24H,1-2,9-10H2. The molecule has 0 unspecified atom stereocenters. The summed E-state index contributed by atoms with van der Waals surface area (Å²) in [6, 6.07) is 5.76. The van der Waals surface area contributed by atoms with Crippen LogP contribution in [0.25, 0.3) is 0 Å². The van der Waals surface area contributed by atoms with Crippen LogP contribution in [0.3, 0.4) is 0 Å². The molecule has 0 aromatic heterocycles. The van der Waals surface area contributed by atoms with Crippen molar-refractivity contribution >= 4 is 22.9 Å². The fraction of sp³-hybridized carbons (Fsp3) is 0.100. The summed E-state index contributed by atoms with van der Waals surface area (Å²) >= 11 is 0. The molecule has 0 heterocycles. The van der Waals surface area contributed by atoms with Crippen LogP contribution in [0.1, 0.15) is 31.8 Å². The van der Waals surface area contributed by atoms with Crippen molar-refractivity contribution in [3.8, 4) is 11.5 Å². The van der Waals surface area contributed by atoms with Gasteiger partial charge in [-0.15, -0.1) is 13.2 Å². The van der Waals surface area contributed by atoms with Crippen LogP contribution in [0.5, 0.6) is 11.5 Å². The summed E-state index contributed by atoms with van der Waals surface area (Å²) in [5, 5.41) is 26.4. The van der Waals surface area contributed by atoms with E-state index in [2.05, 4.69) is 23.8 Å². The molecule has 6 nitrogen and oxygen atoms in total. The van der Waals surface area contributed by atoms with Crippen LogP contribution >= 0.6 is 0 Å². The molecule has 132 valence electrons. The number of rotatable bonds is 6. The van der Waals surface area contributed by atoms with Crippen LogP contribution in [0.2, 0.25) is 0 Å². The van der Waals surface area contributed by atoms with Crippen LogP contribution in [-0.2, 0) is 0 Å². The normalized spacial score (nSPS) is 12.2. The first-order valence-corrected chi connectivity index (χ1v) is 8.02. The molecule has 1 aliphatic carbocycles. The Morgan fingerprint density at radius 3 is 1.46 bits per heavy atom. The van der Waals surface area contributed by atoms with Crippen LogP contribution in [-0.4, -0.2) is 34.9 Å². The Kier molecular flexibility index (Phi) is 4.49. The smallest absolute Gasteiger partial charge is 0.200 e. The number of carbonyl (C=O) groups is 2. The summed E-state index contributed by atoms with van der Waals surface area (Å²) in [7, 11) is 0. The minimum atomic E-state index is -0.531. The Hall–Kier alpha value is -3.54. The molecule has 2 aromatic rings. The first-order valence-electron chi connectivity index (χ1n) is 8.02. The number of fused-ring (bicyclic) bond motifs is 2. The van der Waals surface area contributed by atoms with Gasteiger partial charge in [0, 0.05) is 24.5 Å². The largest absolute Gasteiger partial charge is 0.507 e. The molecular weight excluding hydrogens is 332 g/mol. The van der Waals surface area contributed by atoms with Crippen LogP contribution in [0.15, 0.2) is 49.6 Å². The molecule has 0 radical (unpaired) electrons. The van der Waals surface area contributed by atoms with E-state index in [-0.39, 0.29) is 33.8 Å². The van der Waals surface area contributed by atoms with Gasteiger partial charge in [-0.05, 0) is 24.3 Å². The lowest BCUT2D eigenvalue weighted by Crippen LogP contribution is -2.24. The lowest BCUT2D eigenvalue weighted by molar-refractivity contribution is 0.0975. The lowest BCUT2D eigenvalue weighted by atomic mass is 9.81. The summed E-state index contributed by atoms with van der Waals surface area (Å²) in [5.74, 6) is -1.63. The second-order valence-electron chi connectivity index (χ2n) is 5.76. The molecule has 0 spiro atoms. The predicted octanol–water partition coefficient (Wildman–Crippen LogP) is 3.07. The van der Waals surface area contributed by atoms with Gasteiger partial charge < -0.3 is 20.8 Å². The number of hydrogen-bond acceptors (Lipinski definition) is 6. The van der Waals surface area contributed by atoms with Gasteiger partial charge in [0.05, 0.1) is 22.3 Å². The van der Waals surface area contributed by atoms with E-state index in [4.69, 9.17) is 0 Å². The van der Waals surface area contributed by atoms with E-state index in [0.29, 0.717) is 24.5 Å². The average Bonchev–Trinajstić information content (AvgIpc) is 2.63. The third-order valence-electron chi connectivity index (χ3n) is 4.15. The Morgan fingerprint density at radius 1 is 0.731 bits per heavy atom. The minimum absolute atomic E-state index is 0.0421. The maximum atomic E-state index is 13.1. The van der Waals surface area contributed by atoms with Crippen molar-refractivity contribution in [2.45, 2.75) is 0 Å². The van der Waals surface area contributed by atoms with E-state index in [1.54, 1.807) is 12.2 Å². The number of hydrogen-bond donors (Lipinski definition) is 4. The molecule has 3 rings (SSSR count). The van der Waals surface area contributed by atoms with E-state index in [0.717, 1.165) is 0 Å². The third-order valence-corrected chi connectivity index (χ3v) is 4.15. The van der Waals surface area contributed by atoms with Gasteiger partial charge in [-0.3, -0.25) is 9.59 Å². The van der Waals surface area contributed by atoms with E-state index >= 15 is 0 Å². The molecule has 0 aliphatic heterocycles. The highest BCUT2D eigenvalue weighted by atomic mass is 16.3. The molecule has 0 atom stereocenters. The summed E-state index contributed by atoms with van der Waals surface area (Å²) < 4.78 is 0. The molecule has 0 fully saturated rings. The van der Waals surface area contributed by atoms with Gasteiger partial charge in [0.2, 0.25) is 11.6 Å². The molecule has 6 heteroatoms. The molecule has 2 aromatic carbocycles. The van der Waals surface area contributed by atoms with Crippen molar-refractivity contribution in [1.29, 1.82) is 0 Å². The molecule has 0 saturated carbocycles. The molecule has 4 N–H and O–H groups in total. The van der Waals surface area contributed by atoms with Crippen LogP contribution in [0, 0.1) is 0 Å². The number of anilines is 2. The zero-order chi connectivity index (χ0) is 18.8. The molecular formula is C20H18N2O4. The van der Waals surface area contributed by atoms with E-state index in [1.807, 2.05) is 0 Å². The number of benzene rings is 2. The highest BCUT2D eigenvalue weighted by molar-refractivity contribution is 6.33. The monoisotopic (exact) mass is 350 g/mol. The van der Waals surface area contributed by atoms with Crippen LogP contribution in [0.4, 0.5) is 11.4 Å². The summed E-state index contributed by atoms with van der Waals surface area (Å²) in [6.07, 6.45) is 3.22. The predicted molar refractivity (Wildman–Crippen MR) is 100 cm³/mol. The summed E-state index contributed by atoms with van der Waals surface area (Å²) in [6.45, 7) is 7.97. The highest BCUT2D eigenvalue weighted by Crippen LogP contribution is 2.42. The van der Waals surface area contributed by atoms with Gasteiger partial charge in [-0.1, -0.05) is 12.2 Å². The molecule has 1 aliphatic rings. The Balaban J connectivity index is 2.26. The number of ketones is 2. The van der Waals surface area contributed by atoms with Gasteiger partial charge >= 0.3 is 0 Å². The topological polar surface area (TPSA) is 98.7 Å². The quantitative estimate of drug-likeness (QED) is 0.403. The number of phenolic OH excluding ortho intramolecular Hbond substituents is 2. The number of nitrogens with one attached hydrogen (secondary N) is 2. The molecule has 0 amide bonds. The second kappa shape index (κ2) is 6.76. The summed E-state index contributed by atoms with van der Waals surface area (Å²) in [5.41, 5.74) is 0.713. The fourth-order valence-corrected chi connectivity index (χ4v) is 3.02. The van der Waals surface area contributed by atoms with Gasteiger partial charge in [0.1, 0.15) is 11.5 Å². The fourth-order valence-electron chi connectivity index (χ4n) is 3.02. The highest BCUT2D eigenvalue weighted by Gasteiger charge is 2.37. The zero-order valence-corrected chi connectivity index (χ0v) is 14.0. The van der Waals surface area contributed by atoms with Crippen molar-refractivity contribution in [2.24, 2.45) is 0 Å². The summed E-state index contributed by atoms with van der Waals surface area (Å²) in [4.78, 5) is 26.2. The average molecular weight is 350 g/mol. The van der Waals surface area contributed by atoms with Crippen molar-refractivity contribution in [3.63, 3.8) is 0 Å². The Bertz CT molecular complexity index is 870. The molecule has 26 heavy (non-hydrogen) atoms. The van der Waals surface area contributed by atoms with Crippen LogP contribution < -0.4 is 10.6 Å².